The third-order valence-electron chi connectivity index (χ3n) is 1.73. The summed E-state index contributed by atoms with van der Waals surface area (Å²) in [6, 6.07) is 0. The number of aliphatic imine (C=N–C) groups is 1. The van der Waals surface area contributed by atoms with Gasteiger partial charge in [-0.3, -0.25) is 4.99 Å². The molecule has 1 N–H and O–H groups in total. The lowest BCUT2D eigenvalue weighted by molar-refractivity contribution is 1.13. The molecule has 0 saturated heterocycles. The van der Waals surface area contributed by atoms with Crippen LogP contribution >= 0.6 is 11.3 Å². The number of hydrogen-bond donors (Lipinski definition) is 1. The second-order valence-electron chi connectivity index (χ2n) is 2.81. The summed E-state index contributed by atoms with van der Waals surface area (Å²) in [5.41, 5.74) is 1.07. The summed E-state index contributed by atoms with van der Waals surface area (Å²) in [6.07, 6.45) is 6.65. The topological polar surface area (TPSA) is 37.3 Å². The molecule has 0 amide bonds. The molecule has 0 bridgehead atoms. The predicted molar refractivity (Wildman–Crippen MR) is 63.7 cm³/mol. The summed E-state index contributed by atoms with van der Waals surface area (Å²) in [4.78, 5) is 8.30. The van der Waals surface area contributed by atoms with Gasteiger partial charge in [0.05, 0.1) is 10.7 Å². The Hall–Kier alpha value is -1.16. The Morgan fingerprint density at radius 3 is 2.93 bits per heavy atom. The molecule has 0 aliphatic rings. The van der Waals surface area contributed by atoms with Crippen molar-refractivity contribution >= 4 is 22.6 Å². The van der Waals surface area contributed by atoms with Crippen LogP contribution in [0.15, 0.2) is 17.1 Å². The van der Waals surface area contributed by atoms with Crippen molar-refractivity contribution in [3.05, 3.63) is 22.9 Å². The number of anilines is 1. The fraction of sp³-hybridized carbons (Fsp3) is 0.400. The first-order valence-electron chi connectivity index (χ1n) is 4.49. The van der Waals surface area contributed by atoms with Crippen LogP contribution in [-0.4, -0.2) is 25.3 Å². The van der Waals surface area contributed by atoms with E-state index in [9.17, 15) is 0 Å². The average molecular weight is 209 g/mol. The largest absolute Gasteiger partial charge is 0.378 e. The summed E-state index contributed by atoms with van der Waals surface area (Å²) in [5.74, 6) is 0. The minimum absolute atomic E-state index is 0.874. The zero-order valence-corrected chi connectivity index (χ0v) is 9.56. The number of hydrogen-bond acceptors (Lipinski definition) is 4. The summed E-state index contributed by atoms with van der Waals surface area (Å²) in [7, 11) is 3.68. The molecule has 4 heteroatoms. The van der Waals surface area contributed by atoms with Crippen LogP contribution in [0.5, 0.6) is 0 Å². The molecule has 3 nitrogen and oxygen atoms in total. The fourth-order valence-electron chi connectivity index (χ4n) is 1.09. The van der Waals surface area contributed by atoms with E-state index in [-0.39, 0.29) is 0 Å². The molecular formula is C10H15N3S. The van der Waals surface area contributed by atoms with Crippen LogP contribution in [0, 0.1) is 6.92 Å². The standard InChI is InChI=1S/C10H15N3S/c1-8-10(12-3)14-9(13-8)6-4-5-7-11-2/h4-5,7,12H,6H2,1-3H3/b5-4-,11-7?. The van der Waals surface area contributed by atoms with Gasteiger partial charge in [0.2, 0.25) is 0 Å². The van der Waals surface area contributed by atoms with E-state index in [0.29, 0.717) is 0 Å². The molecule has 76 valence electrons. The molecule has 0 aliphatic heterocycles. The maximum absolute atomic E-state index is 4.44. The van der Waals surface area contributed by atoms with E-state index in [4.69, 9.17) is 0 Å². The Balaban J connectivity index is 2.59. The van der Waals surface area contributed by atoms with Crippen LogP contribution in [0.2, 0.25) is 0 Å². The lowest BCUT2D eigenvalue weighted by Gasteiger charge is -1.90. The molecule has 0 saturated carbocycles. The molecule has 1 rings (SSSR count). The first kappa shape index (κ1) is 10.9. The molecule has 0 spiro atoms. The molecule has 0 aromatic carbocycles. The van der Waals surface area contributed by atoms with Crippen molar-refractivity contribution in [1.29, 1.82) is 0 Å². The molecule has 0 radical (unpaired) electrons. The van der Waals surface area contributed by atoms with Gasteiger partial charge in [-0.2, -0.15) is 0 Å². The van der Waals surface area contributed by atoms with Gasteiger partial charge in [-0.15, -0.1) is 11.3 Å². The third-order valence-corrected chi connectivity index (χ3v) is 2.93. The number of allylic oxidation sites excluding steroid dienone is 2. The first-order valence-corrected chi connectivity index (χ1v) is 5.31. The van der Waals surface area contributed by atoms with E-state index in [1.54, 1.807) is 24.6 Å². The van der Waals surface area contributed by atoms with Crippen molar-refractivity contribution < 1.29 is 0 Å². The smallest absolute Gasteiger partial charge is 0.111 e. The normalized spacial score (nSPS) is 11.6. The zero-order chi connectivity index (χ0) is 10.4. The molecule has 0 atom stereocenters. The Kier molecular flexibility index (Phi) is 4.32. The van der Waals surface area contributed by atoms with Gasteiger partial charge in [0.15, 0.2) is 0 Å². The molecule has 0 fully saturated rings. The second kappa shape index (κ2) is 5.54. The monoisotopic (exact) mass is 209 g/mol. The summed E-state index contributed by atoms with van der Waals surface area (Å²) in [6.45, 7) is 2.02. The number of nitrogens with zero attached hydrogens (tertiary/aromatic N) is 2. The Labute approximate surface area is 88.6 Å². The van der Waals surface area contributed by atoms with Gasteiger partial charge >= 0.3 is 0 Å². The van der Waals surface area contributed by atoms with Gasteiger partial charge in [-0.25, -0.2) is 4.98 Å². The molecule has 1 aromatic heterocycles. The summed E-state index contributed by atoms with van der Waals surface area (Å²) >= 11 is 1.70. The number of aryl methyl sites for hydroxylation is 1. The average Bonchev–Trinajstić information content (AvgIpc) is 2.54. The first-order chi connectivity index (χ1) is 6.77. The molecule has 0 aliphatic carbocycles. The van der Waals surface area contributed by atoms with Gasteiger partial charge in [0.25, 0.3) is 0 Å². The Bertz CT molecular complexity index is 339. The quantitative estimate of drug-likeness (QED) is 0.772. The Morgan fingerprint density at radius 1 is 1.57 bits per heavy atom. The van der Waals surface area contributed by atoms with Gasteiger partial charge in [-0.05, 0) is 13.0 Å². The summed E-state index contributed by atoms with van der Waals surface area (Å²) in [5, 5.41) is 5.41. The molecule has 14 heavy (non-hydrogen) atoms. The summed E-state index contributed by atoms with van der Waals surface area (Å²) < 4.78 is 0. The lowest BCUT2D eigenvalue weighted by Crippen LogP contribution is -1.85. The van der Waals surface area contributed by atoms with E-state index < -0.39 is 0 Å². The minimum atomic E-state index is 0.874. The van der Waals surface area contributed by atoms with E-state index in [0.717, 1.165) is 22.1 Å². The fourth-order valence-corrected chi connectivity index (χ4v) is 1.98. The minimum Gasteiger partial charge on any atom is -0.378 e. The third kappa shape index (κ3) is 2.96. The van der Waals surface area contributed by atoms with Crippen molar-refractivity contribution in [1.82, 2.24) is 4.98 Å². The van der Waals surface area contributed by atoms with Crippen molar-refractivity contribution in [3.8, 4) is 0 Å². The maximum atomic E-state index is 4.44. The van der Waals surface area contributed by atoms with Gasteiger partial charge in [0.1, 0.15) is 5.00 Å². The number of aromatic nitrogens is 1. The van der Waals surface area contributed by atoms with E-state index in [2.05, 4.69) is 21.4 Å². The van der Waals surface area contributed by atoms with Gasteiger partial charge < -0.3 is 5.32 Å². The van der Waals surface area contributed by atoms with Crippen molar-refractivity contribution in [2.45, 2.75) is 13.3 Å². The Morgan fingerprint density at radius 2 is 2.36 bits per heavy atom. The van der Waals surface area contributed by atoms with E-state index in [1.807, 2.05) is 20.0 Å². The lowest BCUT2D eigenvalue weighted by atomic mass is 10.4. The van der Waals surface area contributed by atoms with Crippen molar-refractivity contribution in [2.24, 2.45) is 4.99 Å². The predicted octanol–water partition coefficient (Wildman–Crippen LogP) is 2.29. The molecule has 1 heterocycles. The van der Waals surface area contributed by atoms with Crippen LogP contribution < -0.4 is 5.32 Å². The van der Waals surface area contributed by atoms with Crippen LogP contribution in [0.25, 0.3) is 0 Å². The second-order valence-corrected chi connectivity index (χ2v) is 3.90. The van der Waals surface area contributed by atoms with E-state index in [1.165, 1.54) is 0 Å². The molecule has 0 unspecified atom stereocenters. The van der Waals surface area contributed by atoms with Crippen LogP contribution in [0.4, 0.5) is 5.00 Å². The molecule has 1 aromatic rings. The SMILES string of the molecule is CN=C/C=C\Cc1nc(C)c(NC)s1. The highest BCUT2D eigenvalue weighted by Gasteiger charge is 2.03. The van der Waals surface area contributed by atoms with Crippen molar-refractivity contribution in [2.75, 3.05) is 19.4 Å². The zero-order valence-electron chi connectivity index (χ0n) is 8.74. The number of rotatable bonds is 4. The maximum Gasteiger partial charge on any atom is 0.111 e. The van der Waals surface area contributed by atoms with E-state index >= 15 is 0 Å². The van der Waals surface area contributed by atoms with Crippen LogP contribution in [0.3, 0.4) is 0 Å². The van der Waals surface area contributed by atoms with Crippen LogP contribution in [-0.2, 0) is 6.42 Å². The highest BCUT2D eigenvalue weighted by molar-refractivity contribution is 7.15. The van der Waals surface area contributed by atoms with Gasteiger partial charge in [0, 0.05) is 26.7 Å². The van der Waals surface area contributed by atoms with Crippen molar-refractivity contribution in [3.63, 3.8) is 0 Å². The molecular weight excluding hydrogens is 194 g/mol. The number of thiazole rings is 1. The highest BCUT2D eigenvalue weighted by atomic mass is 32.1. The van der Waals surface area contributed by atoms with Gasteiger partial charge in [-0.1, -0.05) is 6.08 Å². The van der Waals surface area contributed by atoms with Crippen LogP contribution in [0.1, 0.15) is 10.7 Å². The number of nitrogens with one attached hydrogen (secondary N) is 1. The highest BCUT2D eigenvalue weighted by Crippen LogP contribution is 2.23.